The second-order valence-electron chi connectivity index (χ2n) is 5.39. The molecule has 0 aliphatic rings. The van der Waals surface area contributed by atoms with Crippen molar-refractivity contribution in [2.75, 3.05) is 26.1 Å². The Hall–Kier alpha value is -2.37. The highest BCUT2D eigenvalue weighted by Crippen LogP contribution is 2.25. The van der Waals surface area contributed by atoms with Crippen LogP contribution in [-0.2, 0) is 6.42 Å². The summed E-state index contributed by atoms with van der Waals surface area (Å²) in [4.78, 5) is 4.20. The van der Waals surface area contributed by atoms with E-state index in [0.29, 0.717) is 24.4 Å². The van der Waals surface area contributed by atoms with Gasteiger partial charge in [-0.3, -0.25) is 4.99 Å². The Kier molecular flexibility index (Phi) is 9.16. The lowest BCUT2D eigenvalue weighted by Crippen LogP contribution is -2.23. The Morgan fingerprint density at radius 2 is 1.68 bits per heavy atom. The maximum absolute atomic E-state index is 12.1. The molecule has 2 aromatic carbocycles. The van der Waals surface area contributed by atoms with Crippen molar-refractivity contribution in [3.05, 3.63) is 48.0 Å². The van der Waals surface area contributed by atoms with Crippen molar-refractivity contribution < 1.29 is 27.4 Å². The number of alkyl halides is 3. The second kappa shape index (κ2) is 10.8. The molecule has 0 aliphatic carbocycles. The van der Waals surface area contributed by atoms with E-state index in [0.717, 1.165) is 11.3 Å². The molecule has 28 heavy (non-hydrogen) atoms. The van der Waals surface area contributed by atoms with Gasteiger partial charge in [-0.2, -0.15) is 0 Å². The van der Waals surface area contributed by atoms with Crippen molar-refractivity contribution in [2.24, 2.45) is 10.7 Å². The molecule has 0 amide bonds. The Labute approximate surface area is 177 Å². The summed E-state index contributed by atoms with van der Waals surface area (Å²) < 4.78 is 50.7. The number of hydrogen-bond acceptors (Lipinski definition) is 4. The van der Waals surface area contributed by atoms with E-state index in [9.17, 15) is 13.2 Å². The van der Waals surface area contributed by atoms with E-state index in [1.165, 1.54) is 24.3 Å². The highest BCUT2D eigenvalue weighted by Gasteiger charge is 2.30. The first-order valence-electron chi connectivity index (χ1n) is 7.94. The highest BCUT2D eigenvalue weighted by molar-refractivity contribution is 14.0. The van der Waals surface area contributed by atoms with Gasteiger partial charge in [-0.15, -0.1) is 37.1 Å². The van der Waals surface area contributed by atoms with Gasteiger partial charge in [0, 0.05) is 12.2 Å². The lowest BCUT2D eigenvalue weighted by atomic mass is 10.1. The van der Waals surface area contributed by atoms with Crippen LogP contribution in [0.15, 0.2) is 47.5 Å². The normalized spacial score (nSPS) is 11.4. The van der Waals surface area contributed by atoms with Crippen LogP contribution in [0.2, 0.25) is 0 Å². The number of benzene rings is 2. The smallest absolute Gasteiger partial charge is 0.497 e. The molecule has 0 heterocycles. The van der Waals surface area contributed by atoms with Crippen LogP contribution in [0.1, 0.15) is 5.56 Å². The zero-order chi connectivity index (χ0) is 19.9. The molecule has 10 heteroatoms. The number of nitrogens with zero attached hydrogens (tertiary/aromatic N) is 1. The van der Waals surface area contributed by atoms with Gasteiger partial charge in [0.15, 0.2) is 5.96 Å². The Balaban J connectivity index is 0.00000392. The monoisotopic (exact) mass is 511 g/mol. The van der Waals surface area contributed by atoms with Crippen LogP contribution in [0, 0.1) is 0 Å². The Morgan fingerprint density at radius 1 is 1.04 bits per heavy atom. The zero-order valence-electron chi connectivity index (χ0n) is 15.2. The fraction of sp³-hybridized carbons (Fsp3) is 0.278. The standard InChI is InChI=1S/C18H20F3N3O3.HI/c1-25-15-7-8-16(26-2)12(11-15)9-10-23-17(22)24-13-3-5-14(6-4-13)27-18(19,20)21;/h3-8,11H,9-10H2,1-2H3,(H3,22,23,24);1H. The maximum Gasteiger partial charge on any atom is 0.573 e. The lowest BCUT2D eigenvalue weighted by Gasteiger charge is -2.11. The van der Waals surface area contributed by atoms with Crippen molar-refractivity contribution in [3.63, 3.8) is 0 Å². The second-order valence-corrected chi connectivity index (χ2v) is 5.39. The molecule has 3 N–H and O–H groups in total. The van der Waals surface area contributed by atoms with Crippen LogP contribution in [-0.4, -0.2) is 33.1 Å². The summed E-state index contributed by atoms with van der Waals surface area (Å²) in [5, 5.41) is 2.80. The van der Waals surface area contributed by atoms with Crippen molar-refractivity contribution in [1.29, 1.82) is 0 Å². The molecule has 0 unspecified atom stereocenters. The number of nitrogens with one attached hydrogen (secondary N) is 1. The molecular formula is C18H21F3IN3O3. The fourth-order valence-corrected chi connectivity index (χ4v) is 2.30. The third kappa shape index (κ3) is 7.71. The summed E-state index contributed by atoms with van der Waals surface area (Å²) in [6.45, 7) is 0.387. The summed E-state index contributed by atoms with van der Waals surface area (Å²) in [5.74, 6) is 1.26. The predicted octanol–water partition coefficient (Wildman–Crippen LogP) is 4.19. The minimum Gasteiger partial charge on any atom is -0.497 e. The SMILES string of the molecule is COc1ccc(OC)c(CCN=C(N)Nc2ccc(OC(F)(F)F)cc2)c1.I. The number of aliphatic imine (C=N–C) groups is 1. The summed E-state index contributed by atoms with van der Waals surface area (Å²) in [6, 6.07) is 10.7. The largest absolute Gasteiger partial charge is 0.573 e. The zero-order valence-corrected chi connectivity index (χ0v) is 17.6. The molecule has 154 valence electrons. The molecule has 0 aliphatic heterocycles. The van der Waals surface area contributed by atoms with Gasteiger partial charge >= 0.3 is 6.36 Å². The van der Waals surface area contributed by atoms with Gasteiger partial charge in [0.05, 0.1) is 14.2 Å². The van der Waals surface area contributed by atoms with E-state index in [1.54, 1.807) is 20.3 Å². The van der Waals surface area contributed by atoms with Crippen LogP contribution in [0.3, 0.4) is 0 Å². The number of anilines is 1. The molecule has 0 fully saturated rings. The minimum atomic E-state index is -4.73. The molecule has 0 radical (unpaired) electrons. The minimum absolute atomic E-state index is 0. The molecule has 0 bridgehead atoms. The van der Waals surface area contributed by atoms with Gasteiger partial charge in [0.2, 0.25) is 0 Å². The third-order valence-electron chi connectivity index (χ3n) is 3.51. The van der Waals surface area contributed by atoms with Crippen molar-refractivity contribution in [3.8, 4) is 17.2 Å². The quantitative estimate of drug-likeness (QED) is 0.331. The number of methoxy groups -OCH3 is 2. The molecular weight excluding hydrogens is 490 g/mol. The number of guanidine groups is 1. The van der Waals surface area contributed by atoms with E-state index >= 15 is 0 Å². The first-order chi connectivity index (χ1) is 12.8. The number of halogens is 4. The lowest BCUT2D eigenvalue weighted by molar-refractivity contribution is -0.274. The van der Waals surface area contributed by atoms with E-state index in [2.05, 4.69) is 15.0 Å². The van der Waals surface area contributed by atoms with E-state index in [-0.39, 0.29) is 35.7 Å². The molecule has 0 saturated carbocycles. The topological polar surface area (TPSA) is 78.1 Å². The number of rotatable bonds is 7. The van der Waals surface area contributed by atoms with Crippen molar-refractivity contribution >= 4 is 35.6 Å². The Morgan fingerprint density at radius 3 is 2.25 bits per heavy atom. The third-order valence-corrected chi connectivity index (χ3v) is 3.51. The summed E-state index contributed by atoms with van der Waals surface area (Å²) in [5.41, 5.74) is 7.22. The molecule has 0 aromatic heterocycles. The van der Waals surface area contributed by atoms with E-state index < -0.39 is 6.36 Å². The number of nitrogens with two attached hydrogens (primary N) is 1. The van der Waals surface area contributed by atoms with E-state index in [1.807, 2.05) is 12.1 Å². The Bertz CT molecular complexity index is 784. The van der Waals surface area contributed by atoms with Gasteiger partial charge in [-0.25, -0.2) is 0 Å². The average molecular weight is 511 g/mol. The van der Waals surface area contributed by atoms with Crippen LogP contribution < -0.4 is 25.3 Å². The number of ether oxygens (including phenoxy) is 3. The van der Waals surface area contributed by atoms with Crippen LogP contribution in [0.4, 0.5) is 18.9 Å². The van der Waals surface area contributed by atoms with Crippen molar-refractivity contribution in [1.82, 2.24) is 0 Å². The molecule has 6 nitrogen and oxygen atoms in total. The number of hydrogen-bond donors (Lipinski definition) is 2. The summed E-state index contributed by atoms with van der Waals surface area (Å²) >= 11 is 0. The first kappa shape index (κ1) is 23.7. The molecule has 2 rings (SSSR count). The van der Waals surface area contributed by atoms with Gasteiger partial charge in [-0.05, 0) is 54.4 Å². The van der Waals surface area contributed by atoms with Gasteiger partial charge in [0.25, 0.3) is 0 Å². The van der Waals surface area contributed by atoms with Crippen LogP contribution >= 0.6 is 24.0 Å². The molecule has 0 saturated heterocycles. The summed E-state index contributed by atoms with van der Waals surface area (Å²) in [6.07, 6.45) is -4.16. The van der Waals surface area contributed by atoms with Crippen molar-refractivity contribution in [2.45, 2.75) is 12.8 Å². The predicted molar refractivity (Wildman–Crippen MR) is 112 cm³/mol. The highest BCUT2D eigenvalue weighted by atomic mass is 127. The van der Waals surface area contributed by atoms with Gasteiger partial charge in [0.1, 0.15) is 17.2 Å². The average Bonchev–Trinajstić information content (AvgIpc) is 2.62. The van der Waals surface area contributed by atoms with Crippen LogP contribution in [0.5, 0.6) is 17.2 Å². The molecule has 2 aromatic rings. The maximum atomic E-state index is 12.1. The van der Waals surface area contributed by atoms with Gasteiger partial charge < -0.3 is 25.3 Å². The fourth-order valence-electron chi connectivity index (χ4n) is 2.30. The molecule has 0 spiro atoms. The van der Waals surface area contributed by atoms with Crippen LogP contribution in [0.25, 0.3) is 0 Å². The van der Waals surface area contributed by atoms with E-state index in [4.69, 9.17) is 15.2 Å². The molecule has 0 atom stereocenters. The van der Waals surface area contributed by atoms with Gasteiger partial charge in [-0.1, -0.05) is 0 Å². The first-order valence-corrected chi connectivity index (χ1v) is 7.94. The summed E-state index contributed by atoms with van der Waals surface area (Å²) in [7, 11) is 3.16.